The van der Waals surface area contributed by atoms with E-state index in [9.17, 15) is 4.39 Å². The molecule has 0 amide bonds. The van der Waals surface area contributed by atoms with Crippen molar-refractivity contribution in [1.82, 2.24) is 14.7 Å². The summed E-state index contributed by atoms with van der Waals surface area (Å²) in [5, 5.41) is 4.13. The van der Waals surface area contributed by atoms with Crippen molar-refractivity contribution < 1.29 is 9.13 Å². The molecule has 0 bridgehead atoms. The highest BCUT2D eigenvalue weighted by atomic mass is 19.1. The molecule has 1 aromatic heterocycles. The molecule has 1 aliphatic heterocycles. The standard InChI is InChI=1S/C14H24FN3O/c1-11(2)17-6-4-12(5-7-17)14-13(15)10-16-18(14)8-9-19-3/h10-12H,4-9H2,1-3H3. The van der Waals surface area contributed by atoms with Crippen LogP contribution in [-0.2, 0) is 11.3 Å². The minimum atomic E-state index is -0.167. The molecule has 1 aromatic rings. The van der Waals surface area contributed by atoms with E-state index in [1.165, 1.54) is 6.20 Å². The maximum absolute atomic E-state index is 13.9. The Morgan fingerprint density at radius 2 is 2.11 bits per heavy atom. The molecule has 0 spiro atoms. The van der Waals surface area contributed by atoms with Crippen LogP contribution in [0.15, 0.2) is 6.20 Å². The van der Waals surface area contributed by atoms with Gasteiger partial charge in [0, 0.05) is 19.1 Å². The lowest BCUT2D eigenvalue weighted by molar-refractivity contribution is 0.162. The van der Waals surface area contributed by atoms with E-state index in [2.05, 4.69) is 23.8 Å². The smallest absolute Gasteiger partial charge is 0.164 e. The van der Waals surface area contributed by atoms with Crippen molar-refractivity contribution >= 4 is 0 Å². The summed E-state index contributed by atoms with van der Waals surface area (Å²) in [4.78, 5) is 2.45. The number of nitrogens with zero attached hydrogens (tertiary/aromatic N) is 3. The van der Waals surface area contributed by atoms with Crippen molar-refractivity contribution in [3.8, 4) is 0 Å². The maximum atomic E-state index is 13.9. The molecule has 4 nitrogen and oxygen atoms in total. The monoisotopic (exact) mass is 269 g/mol. The van der Waals surface area contributed by atoms with Crippen LogP contribution in [0, 0.1) is 5.82 Å². The topological polar surface area (TPSA) is 30.3 Å². The summed E-state index contributed by atoms with van der Waals surface area (Å²) in [6.07, 6.45) is 3.35. The molecule has 0 N–H and O–H groups in total. The molecule has 19 heavy (non-hydrogen) atoms. The Hall–Kier alpha value is -0.940. The van der Waals surface area contributed by atoms with Crippen molar-refractivity contribution in [3.63, 3.8) is 0 Å². The summed E-state index contributed by atoms with van der Waals surface area (Å²) in [5.74, 6) is 0.119. The van der Waals surface area contributed by atoms with Crippen LogP contribution in [0.1, 0.15) is 38.3 Å². The Kier molecular flexibility index (Phi) is 4.93. The van der Waals surface area contributed by atoms with Crippen LogP contribution in [-0.4, -0.2) is 47.5 Å². The summed E-state index contributed by atoms with van der Waals surface area (Å²) in [7, 11) is 1.65. The first kappa shape index (κ1) is 14.5. The van der Waals surface area contributed by atoms with Crippen molar-refractivity contribution in [2.45, 2.75) is 45.2 Å². The minimum absolute atomic E-state index is 0.167. The molecule has 5 heteroatoms. The number of ether oxygens (including phenoxy) is 1. The Bertz CT molecular complexity index is 397. The average Bonchev–Trinajstić information content (AvgIpc) is 2.77. The predicted molar refractivity (Wildman–Crippen MR) is 72.7 cm³/mol. The zero-order chi connectivity index (χ0) is 13.8. The van der Waals surface area contributed by atoms with Crippen LogP contribution in [0.25, 0.3) is 0 Å². The number of rotatable bonds is 5. The van der Waals surface area contributed by atoms with Gasteiger partial charge in [0.1, 0.15) is 0 Å². The Labute approximate surface area is 114 Å². The van der Waals surface area contributed by atoms with Crippen LogP contribution in [0.3, 0.4) is 0 Å². The number of piperidine rings is 1. The van der Waals surface area contributed by atoms with Crippen molar-refractivity contribution in [1.29, 1.82) is 0 Å². The second-order valence-electron chi connectivity index (χ2n) is 5.50. The molecule has 2 heterocycles. The van der Waals surface area contributed by atoms with Gasteiger partial charge < -0.3 is 9.64 Å². The average molecular weight is 269 g/mol. The van der Waals surface area contributed by atoms with Gasteiger partial charge in [-0.15, -0.1) is 0 Å². The van der Waals surface area contributed by atoms with E-state index >= 15 is 0 Å². The first-order valence-corrected chi connectivity index (χ1v) is 7.07. The fourth-order valence-electron chi connectivity index (χ4n) is 2.82. The van der Waals surface area contributed by atoms with Gasteiger partial charge in [0.25, 0.3) is 0 Å². The van der Waals surface area contributed by atoms with E-state index in [1.54, 1.807) is 11.8 Å². The van der Waals surface area contributed by atoms with Gasteiger partial charge in [-0.25, -0.2) is 4.39 Å². The molecule has 1 aliphatic rings. The molecule has 2 rings (SSSR count). The maximum Gasteiger partial charge on any atom is 0.164 e. The lowest BCUT2D eigenvalue weighted by Gasteiger charge is -2.34. The van der Waals surface area contributed by atoms with Crippen molar-refractivity contribution in [2.75, 3.05) is 26.8 Å². The fourth-order valence-corrected chi connectivity index (χ4v) is 2.82. The second kappa shape index (κ2) is 6.48. The molecule has 108 valence electrons. The zero-order valence-electron chi connectivity index (χ0n) is 12.1. The number of hydrogen-bond donors (Lipinski definition) is 0. The number of halogens is 1. The van der Waals surface area contributed by atoms with E-state index < -0.39 is 0 Å². The highest BCUT2D eigenvalue weighted by Gasteiger charge is 2.27. The fraction of sp³-hybridized carbons (Fsp3) is 0.786. The first-order valence-electron chi connectivity index (χ1n) is 7.07. The van der Waals surface area contributed by atoms with Gasteiger partial charge in [0.15, 0.2) is 5.82 Å². The van der Waals surface area contributed by atoms with Crippen LogP contribution in [0.2, 0.25) is 0 Å². The third-order valence-corrected chi connectivity index (χ3v) is 3.99. The summed E-state index contributed by atoms with van der Waals surface area (Å²) < 4.78 is 20.8. The Morgan fingerprint density at radius 1 is 1.42 bits per heavy atom. The molecular weight excluding hydrogens is 245 g/mol. The van der Waals surface area contributed by atoms with Crippen LogP contribution < -0.4 is 0 Å². The van der Waals surface area contributed by atoms with Crippen LogP contribution in [0.4, 0.5) is 4.39 Å². The predicted octanol–water partition coefficient (Wildman–Crippen LogP) is 2.26. The number of likely N-dealkylation sites (tertiary alicyclic amines) is 1. The lowest BCUT2D eigenvalue weighted by Crippen LogP contribution is -2.38. The molecule has 1 fully saturated rings. The molecule has 0 aliphatic carbocycles. The number of hydrogen-bond acceptors (Lipinski definition) is 3. The van der Waals surface area contributed by atoms with Gasteiger partial charge in [-0.05, 0) is 39.8 Å². The van der Waals surface area contributed by atoms with Crippen molar-refractivity contribution in [3.05, 3.63) is 17.7 Å². The number of aromatic nitrogens is 2. The van der Waals surface area contributed by atoms with E-state index in [1.807, 2.05) is 0 Å². The third-order valence-electron chi connectivity index (χ3n) is 3.99. The molecule has 0 radical (unpaired) electrons. The van der Waals surface area contributed by atoms with Crippen LogP contribution >= 0.6 is 0 Å². The summed E-state index contributed by atoms with van der Waals surface area (Å²) in [6, 6.07) is 0.573. The molecule has 1 saturated heterocycles. The number of methoxy groups -OCH3 is 1. The molecular formula is C14H24FN3O. The van der Waals surface area contributed by atoms with Crippen molar-refractivity contribution in [2.24, 2.45) is 0 Å². The molecule has 0 unspecified atom stereocenters. The quantitative estimate of drug-likeness (QED) is 0.821. The highest BCUT2D eigenvalue weighted by molar-refractivity contribution is 5.12. The molecule has 0 saturated carbocycles. The van der Waals surface area contributed by atoms with Gasteiger partial charge in [-0.1, -0.05) is 0 Å². The first-order chi connectivity index (χ1) is 9.13. The Morgan fingerprint density at radius 3 is 2.68 bits per heavy atom. The highest BCUT2D eigenvalue weighted by Crippen LogP contribution is 2.30. The zero-order valence-corrected chi connectivity index (χ0v) is 12.1. The van der Waals surface area contributed by atoms with Gasteiger partial charge in [0.05, 0.1) is 25.0 Å². The van der Waals surface area contributed by atoms with Crippen LogP contribution in [0.5, 0.6) is 0 Å². The SMILES string of the molecule is COCCn1ncc(F)c1C1CCN(C(C)C)CC1. The second-order valence-corrected chi connectivity index (χ2v) is 5.50. The summed E-state index contributed by atoms with van der Waals surface area (Å²) >= 11 is 0. The van der Waals surface area contributed by atoms with E-state index in [0.717, 1.165) is 31.6 Å². The van der Waals surface area contributed by atoms with Gasteiger partial charge >= 0.3 is 0 Å². The summed E-state index contributed by atoms with van der Waals surface area (Å²) in [5.41, 5.74) is 0.764. The lowest BCUT2D eigenvalue weighted by atomic mass is 9.92. The van der Waals surface area contributed by atoms with Gasteiger partial charge in [0.2, 0.25) is 0 Å². The van der Waals surface area contributed by atoms with Gasteiger partial charge in [-0.2, -0.15) is 5.10 Å². The minimum Gasteiger partial charge on any atom is -0.383 e. The van der Waals surface area contributed by atoms with E-state index in [-0.39, 0.29) is 11.7 Å². The molecule has 0 atom stereocenters. The molecule has 0 aromatic carbocycles. The largest absolute Gasteiger partial charge is 0.383 e. The summed E-state index contributed by atoms with van der Waals surface area (Å²) in [6.45, 7) is 7.70. The van der Waals surface area contributed by atoms with E-state index in [4.69, 9.17) is 4.74 Å². The van der Waals surface area contributed by atoms with Gasteiger partial charge in [-0.3, -0.25) is 4.68 Å². The third kappa shape index (κ3) is 3.34. The van der Waals surface area contributed by atoms with E-state index in [0.29, 0.717) is 19.2 Å². The Balaban J connectivity index is 2.04. The normalized spacial score (nSPS) is 18.4.